The van der Waals surface area contributed by atoms with E-state index in [-0.39, 0.29) is 23.9 Å². The lowest BCUT2D eigenvalue weighted by Gasteiger charge is -2.09. The Morgan fingerprint density at radius 3 is 2.35 bits per heavy atom. The number of halogens is 3. The molecule has 1 saturated carbocycles. The third kappa shape index (κ3) is 4.84. The van der Waals surface area contributed by atoms with Gasteiger partial charge in [-0.2, -0.15) is 13.2 Å². The first-order chi connectivity index (χ1) is 12.3. The van der Waals surface area contributed by atoms with Gasteiger partial charge in [0, 0.05) is 17.3 Å². The predicted molar refractivity (Wildman–Crippen MR) is 90.7 cm³/mol. The summed E-state index contributed by atoms with van der Waals surface area (Å²) in [4.78, 5) is 23.9. The molecule has 0 atom stereocenters. The monoisotopic (exact) mass is 362 g/mol. The summed E-state index contributed by atoms with van der Waals surface area (Å²) < 4.78 is 38.1. The fourth-order valence-corrected chi connectivity index (χ4v) is 2.45. The molecule has 0 unspecified atom stereocenters. The van der Waals surface area contributed by atoms with E-state index in [4.69, 9.17) is 0 Å². The van der Waals surface area contributed by atoms with Crippen molar-refractivity contribution in [1.29, 1.82) is 0 Å². The number of hydrogen-bond acceptors (Lipinski definition) is 2. The van der Waals surface area contributed by atoms with E-state index in [0.717, 1.165) is 25.0 Å². The van der Waals surface area contributed by atoms with Crippen molar-refractivity contribution in [2.75, 3.05) is 5.32 Å². The highest BCUT2D eigenvalue weighted by molar-refractivity contribution is 5.96. The first-order valence-corrected chi connectivity index (χ1v) is 8.18. The van der Waals surface area contributed by atoms with Crippen LogP contribution in [0.5, 0.6) is 0 Å². The van der Waals surface area contributed by atoms with Crippen LogP contribution in [0.15, 0.2) is 48.5 Å². The molecular weight excluding hydrogens is 345 g/mol. The first-order valence-electron chi connectivity index (χ1n) is 8.18. The van der Waals surface area contributed by atoms with Crippen molar-refractivity contribution < 1.29 is 22.8 Å². The molecule has 3 rings (SSSR count). The van der Waals surface area contributed by atoms with Gasteiger partial charge in [0.25, 0.3) is 5.91 Å². The summed E-state index contributed by atoms with van der Waals surface area (Å²) in [6, 6.07) is 11.3. The van der Waals surface area contributed by atoms with Crippen molar-refractivity contribution in [2.45, 2.75) is 31.5 Å². The Bertz CT molecular complexity index is 812. The number of rotatable bonds is 5. The molecule has 0 radical (unpaired) electrons. The molecule has 0 aliphatic heterocycles. The van der Waals surface area contributed by atoms with Crippen molar-refractivity contribution in [2.24, 2.45) is 0 Å². The van der Waals surface area contributed by atoms with Crippen LogP contribution in [0, 0.1) is 0 Å². The van der Waals surface area contributed by atoms with Gasteiger partial charge in [-0.15, -0.1) is 0 Å². The highest BCUT2D eigenvalue weighted by atomic mass is 19.4. The molecule has 26 heavy (non-hydrogen) atoms. The van der Waals surface area contributed by atoms with Gasteiger partial charge in [-0.3, -0.25) is 9.59 Å². The van der Waals surface area contributed by atoms with E-state index in [1.807, 2.05) is 0 Å². The number of carbonyl (C=O) groups is 2. The Balaban J connectivity index is 1.58. The summed E-state index contributed by atoms with van der Waals surface area (Å²) in [7, 11) is 0. The minimum atomic E-state index is -4.44. The van der Waals surface area contributed by atoms with Crippen molar-refractivity contribution in [3.63, 3.8) is 0 Å². The highest BCUT2D eigenvalue weighted by Gasteiger charge is 2.30. The molecule has 2 aromatic rings. The van der Waals surface area contributed by atoms with Gasteiger partial charge in [-0.05, 0) is 48.7 Å². The van der Waals surface area contributed by atoms with Crippen LogP contribution >= 0.6 is 0 Å². The molecule has 0 bridgehead atoms. The van der Waals surface area contributed by atoms with Gasteiger partial charge in [-0.25, -0.2) is 0 Å². The van der Waals surface area contributed by atoms with Crippen LogP contribution in [0.3, 0.4) is 0 Å². The molecule has 7 heteroatoms. The lowest BCUT2D eigenvalue weighted by molar-refractivity contribution is -0.137. The van der Waals surface area contributed by atoms with Crippen molar-refractivity contribution >= 4 is 17.5 Å². The number of alkyl halides is 3. The second kappa shape index (κ2) is 7.19. The van der Waals surface area contributed by atoms with Crippen LogP contribution in [-0.2, 0) is 17.4 Å². The van der Waals surface area contributed by atoms with Crippen LogP contribution in [0.4, 0.5) is 18.9 Å². The van der Waals surface area contributed by atoms with Crippen LogP contribution < -0.4 is 10.6 Å². The standard InChI is InChI=1S/C19H17F3N2O2/c20-19(21,22)14-3-1-2-12(10-14)11-17(25)23-15-6-4-13(5-7-15)18(26)24-16-8-9-16/h1-7,10,16H,8-9,11H2,(H,23,25)(H,24,26). The average molecular weight is 362 g/mol. The van der Waals surface area contributed by atoms with Gasteiger partial charge in [0.15, 0.2) is 0 Å². The van der Waals surface area contributed by atoms with Gasteiger partial charge in [0.05, 0.1) is 12.0 Å². The van der Waals surface area contributed by atoms with Gasteiger partial charge >= 0.3 is 6.18 Å². The zero-order valence-electron chi connectivity index (χ0n) is 13.8. The quantitative estimate of drug-likeness (QED) is 0.851. The summed E-state index contributed by atoms with van der Waals surface area (Å²) in [5, 5.41) is 5.48. The second-order valence-corrected chi connectivity index (χ2v) is 6.25. The maximum atomic E-state index is 12.7. The summed E-state index contributed by atoms with van der Waals surface area (Å²) >= 11 is 0. The number of amides is 2. The van der Waals surface area contributed by atoms with E-state index in [0.29, 0.717) is 11.3 Å². The normalized spacial score (nSPS) is 14.0. The lowest BCUT2D eigenvalue weighted by Crippen LogP contribution is -2.25. The Kier molecular flexibility index (Phi) is 4.97. The van der Waals surface area contributed by atoms with E-state index in [1.165, 1.54) is 12.1 Å². The zero-order valence-corrected chi connectivity index (χ0v) is 13.8. The fraction of sp³-hybridized carbons (Fsp3) is 0.263. The summed E-state index contributed by atoms with van der Waals surface area (Å²) in [6.45, 7) is 0. The largest absolute Gasteiger partial charge is 0.416 e. The molecule has 1 aliphatic carbocycles. The number of nitrogens with one attached hydrogen (secondary N) is 2. The third-order valence-electron chi connectivity index (χ3n) is 3.96. The summed E-state index contributed by atoms with van der Waals surface area (Å²) in [5.41, 5.74) is 0.462. The molecule has 136 valence electrons. The van der Waals surface area contributed by atoms with Crippen LogP contribution in [-0.4, -0.2) is 17.9 Å². The molecule has 2 N–H and O–H groups in total. The Labute approximate surface area is 148 Å². The van der Waals surface area contributed by atoms with Crippen LogP contribution in [0.2, 0.25) is 0 Å². The number of benzene rings is 2. The second-order valence-electron chi connectivity index (χ2n) is 6.25. The fourth-order valence-electron chi connectivity index (χ4n) is 2.45. The Morgan fingerprint density at radius 2 is 1.73 bits per heavy atom. The average Bonchev–Trinajstić information content (AvgIpc) is 3.39. The van der Waals surface area contributed by atoms with Crippen LogP contribution in [0.1, 0.15) is 34.3 Å². The minimum Gasteiger partial charge on any atom is -0.349 e. The van der Waals surface area contributed by atoms with Crippen molar-refractivity contribution in [1.82, 2.24) is 5.32 Å². The molecule has 0 spiro atoms. The predicted octanol–water partition coefficient (Wildman–Crippen LogP) is 3.78. The molecule has 1 fully saturated rings. The maximum absolute atomic E-state index is 12.7. The number of anilines is 1. The third-order valence-corrected chi connectivity index (χ3v) is 3.96. The molecule has 0 aromatic heterocycles. The van der Waals surface area contributed by atoms with Gasteiger partial charge in [-0.1, -0.05) is 18.2 Å². The Morgan fingerprint density at radius 1 is 1.04 bits per heavy atom. The molecular formula is C19H17F3N2O2. The van der Waals surface area contributed by atoms with E-state index in [2.05, 4.69) is 10.6 Å². The van der Waals surface area contributed by atoms with E-state index in [1.54, 1.807) is 24.3 Å². The van der Waals surface area contributed by atoms with Crippen molar-refractivity contribution in [3.8, 4) is 0 Å². The summed E-state index contributed by atoms with van der Waals surface area (Å²) in [6.07, 6.45) is -2.62. The molecule has 4 nitrogen and oxygen atoms in total. The topological polar surface area (TPSA) is 58.2 Å². The van der Waals surface area contributed by atoms with Crippen molar-refractivity contribution in [3.05, 3.63) is 65.2 Å². The zero-order chi connectivity index (χ0) is 18.7. The Hall–Kier alpha value is -2.83. The first kappa shape index (κ1) is 18.0. The SMILES string of the molecule is O=C(Cc1cccc(C(F)(F)F)c1)Nc1ccc(C(=O)NC2CC2)cc1. The lowest BCUT2D eigenvalue weighted by atomic mass is 10.1. The maximum Gasteiger partial charge on any atom is 0.416 e. The minimum absolute atomic E-state index is 0.158. The highest BCUT2D eigenvalue weighted by Crippen LogP contribution is 2.29. The smallest absolute Gasteiger partial charge is 0.349 e. The molecule has 0 heterocycles. The van der Waals surface area contributed by atoms with Crippen LogP contribution in [0.25, 0.3) is 0 Å². The van der Waals surface area contributed by atoms with E-state index >= 15 is 0 Å². The molecule has 2 aromatic carbocycles. The van der Waals surface area contributed by atoms with Gasteiger partial charge in [0.1, 0.15) is 0 Å². The summed E-state index contributed by atoms with van der Waals surface area (Å²) in [5.74, 6) is -0.589. The van der Waals surface area contributed by atoms with Gasteiger partial charge < -0.3 is 10.6 Å². The van der Waals surface area contributed by atoms with E-state index < -0.39 is 17.6 Å². The number of carbonyl (C=O) groups excluding carboxylic acids is 2. The molecule has 0 saturated heterocycles. The molecule has 1 aliphatic rings. The van der Waals surface area contributed by atoms with E-state index in [9.17, 15) is 22.8 Å². The number of hydrogen-bond donors (Lipinski definition) is 2. The molecule has 2 amide bonds. The van der Waals surface area contributed by atoms with Gasteiger partial charge in [0.2, 0.25) is 5.91 Å².